The molecule has 176 valence electrons. The lowest BCUT2D eigenvalue weighted by Gasteiger charge is -2.42. The van der Waals surface area contributed by atoms with Crippen LogP contribution in [0.15, 0.2) is 30.3 Å². The standard InChI is InChI=1S/C22H29N3O6.ClH/c26-18(27)9-8-17(20(29)30)24-21(31)22(15-5-2-1-3-6-15)10-13-25(14-11-22)19(28)16-7-4-12-23-16;/h1-3,5-6,16-17,23H,4,7-14H2,(H,24,31)(H,26,27)(H,29,30);1H. The summed E-state index contributed by atoms with van der Waals surface area (Å²) in [5, 5.41) is 24.1. The van der Waals surface area contributed by atoms with Crippen molar-refractivity contribution in [1.29, 1.82) is 0 Å². The lowest BCUT2D eigenvalue weighted by Crippen LogP contribution is -2.57. The Bertz CT molecular complexity index is 820. The Kier molecular flexibility index (Phi) is 9.03. The Labute approximate surface area is 193 Å². The summed E-state index contributed by atoms with van der Waals surface area (Å²) < 4.78 is 0. The normalized spacial score (nSPS) is 20.6. The molecule has 2 amide bonds. The summed E-state index contributed by atoms with van der Waals surface area (Å²) in [5.74, 6) is -2.78. The maximum atomic E-state index is 13.4. The minimum Gasteiger partial charge on any atom is -0.481 e. The van der Waals surface area contributed by atoms with Crippen LogP contribution >= 0.6 is 12.4 Å². The van der Waals surface area contributed by atoms with Crippen molar-refractivity contribution in [2.75, 3.05) is 19.6 Å². The van der Waals surface area contributed by atoms with Crippen molar-refractivity contribution >= 4 is 36.2 Å². The second kappa shape index (κ2) is 11.3. The molecule has 0 radical (unpaired) electrons. The number of nitrogens with zero attached hydrogens (tertiary/aromatic N) is 1. The molecule has 2 saturated heterocycles. The lowest BCUT2D eigenvalue weighted by molar-refractivity contribution is -0.144. The van der Waals surface area contributed by atoms with E-state index in [1.807, 2.05) is 30.3 Å². The van der Waals surface area contributed by atoms with Crippen molar-refractivity contribution in [2.24, 2.45) is 0 Å². The van der Waals surface area contributed by atoms with Gasteiger partial charge in [0.05, 0.1) is 11.5 Å². The summed E-state index contributed by atoms with van der Waals surface area (Å²) in [4.78, 5) is 50.4. The SMILES string of the molecule is Cl.O=C(O)CCC(NC(=O)C1(c2ccccc2)CCN(C(=O)C2CCCN2)CC1)C(=O)O. The summed E-state index contributed by atoms with van der Waals surface area (Å²) >= 11 is 0. The fourth-order valence-corrected chi connectivity index (χ4v) is 4.45. The zero-order valence-corrected chi connectivity index (χ0v) is 18.6. The molecule has 32 heavy (non-hydrogen) atoms. The first-order chi connectivity index (χ1) is 14.8. The van der Waals surface area contributed by atoms with Crippen molar-refractivity contribution in [3.63, 3.8) is 0 Å². The van der Waals surface area contributed by atoms with Gasteiger partial charge in [-0.25, -0.2) is 4.79 Å². The highest BCUT2D eigenvalue weighted by atomic mass is 35.5. The summed E-state index contributed by atoms with van der Waals surface area (Å²) in [6, 6.07) is 7.70. The number of carboxylic acid groups (broad SMARTS) is 2. The Morgan fingerprint density at radius 3 is 2.31 bits per heavy atom. The van der Waals surface area contributed by atoms with Crippen LogP contribution in [0.2, 0.25) is 0 Å². The van der Waals surface area contributed by atoms with E-state index < -0.39 is 29.3 Å². The van der Waals surface area contributed by atoms with E-state index in [1.165, 1.54) is 0 Å². The van der Waals surface area contributed by atoms with Gasteiger partial charge in [0.25, 0.3) is 0 Å². The number of hydrogen-bond acceptors (Lipinski definition) is 5. The molecule has 2 aliphatic rings. The first-order valence-corrected chi connectivity index (χ1v) is 10.7. The molecule has 2 atom stereocenters. The smallest absolute Gasteiger partial charge is 0.326 e. The van der Waals surface area contributed by atoms with Crippen molar-refractivity contribution < 1.29 is 29.4 Å². The molecule has 0 aliphatic carbocycles. The number of hydrogen-bond donors (Lipinski definition) is 4. The highest BCUT2D eigenvalue weighted by molar-refractivity contribution is 5.92. The maximum absolute atomic E-state index is 13.4. The highest BCUT2D eigenvalue weighted by Crippen LogP contribution is 2.36. The van der Waals surface area contributed by atoms with Crippen LogP contribution in [-0.2, 0) is 24.6 Å². The van der Waals surface area contributed by atoms with E-state index in [0.717, 1.165) is 24.9 Å². The van der Waals surface area contributed by atoms with E-state index in [9.17, 15) is 24.3 Å². The molecule has 10 heteroatoms. The summed E-state index contributed by atoms with van der Waals surface area (Å²) in [7, 11) is 0. The number of carbonyl (C=O) groups is 4. The number of carboxylic acids is 2. The van der Waals surface area contributed by atoms with Gasteiger partial charge in [0.2, 0.25) is 11.8 Å². The van der Waals surface area contributed by atoms with Crippen LogP contribution in [0, 0.1) is 0 Å². The van der Waals surface area contributed by atoms with Crippen molar-refractivity contribution in [1.82, 2.24) is 15.5 Å². The molecule has 0 spiro atoms. The van der Waals surface area contributed by atoms with Crippen molar-refractivity contribution in [3.8, 4) is 0 Å². The minimum absolute atomic E-state index is 0. The lowest BCUT2D eigenvalue weighted by atomic mass is 9.71. The van der Waals surface area contributed by atoms with Gasteiger partial charge in [-0.2, -0.15) is 0 Å². The van der Waals surface area contributed by atoms with E-state index in [1.54, 1.807) is 4.90 Å². The van der Waals surface area contributed by atoms with Crippen LogP contribution < -0.4 is 10.6 Å². The van der Waals surface area contributed by atoms with Gasteiger partial charge in [0.15, 0.2) is 0 Å². The molecule has 1 aromatic carbocycles. The largest absolute Gasteiger partial charge is 0.481 e. The molecule has 0 bridgehead atoms. The van der Waals surface area contributed by atoms with Gasteiger partial charge in [-0.15, -0.1) is 12.4 Å². The topological polar surface area (TPSA) is 136 Å². The van der Waals surface area contributed by atoms with Crippen molar-refractivity contribution in [2.45, 2.75) is 56.0 Å². The predicted molar refractivity (Wildman–Crippen MR) is 119 cm³/mol. The Balaban J connectivity index is 0.00000363. The van der Waals surface area contributed by atoms with Gasteiger partial charge in [0.1, 0.15) is 6.04 Å². The molecule has 2 unspecified atom stereocenters. The number of benzene rings is 1. The van der Waals surface area contributed by atoms with Gasteiger partial charge in [-0.3, -0.25) is 14.4 Å². The van der Waals surface area contributed by atoms with Crippen LogP contribution in [0.1, 0.15) is 44.1 Å². The fraction of sp³-hybridized carbons (Fsp3) is 0.545. The highest BCUT2D eigenvalue weighted by Gasteiger charge is 2.45. The van der Waals surface area contributed by atoms with E-state index in [0.29, 0.717) is 25.9 Å². The molecule has 4 N–H and O–H groups in total. The van der Waals surface area contributed by atoms with Gasteiger partial charge < -0.3 is 25.7 Å². The molecule has 0 aromatic heterocycles. The monoisotopic (exact) mass is 467 g/mol. The third-order valence-corrected chi connectivity index (χ3v) is 6.30. The maximum Gasteiger partial charge on any atom is 0.326 e. The Hall–Kier alpha value is -2.65. The van der Waals surface area contributed by atoms with Crippen LogP contribution in [0.5, 0.6) is 0 Å². The summed E-state index contributed by atoms with van der Waals surface area (Å²) in [6.45, 7) is 1.62. The van der Waals surface area contributed by atoms with Gasteiger partial charge >= 0.3 is 11.9 Å². The van der Waals surface area contributed by atoms with E-state index in [2.05, 4.69) is 10.6 Å². The number of nitrogens with one attached hydrogen (secondary N) is 2. The second-order valence-corrected chi connectivity index (χ2v) is 8.22. The average molecular weight is 468 g/mol. The number of halogens is 1. The Morgan fingerprint density at radius 2 is 1.78 bits per heavy atom. The van der Waals surface area contributed by atoms with Crippen LogP contribution in [-0.4, -0.2) is 70.6 Å². The third kappa shape index (κ3) is 5.77. The molecule has 1 aromatic rings. The third-order valence-electron chi connectivity index (χ3n) is 6.30. The molecule has 9 nitrogen and oxygen atoms in total. The number of rotatable bonds is 8. The number of aliphatic carboxylic acids is 2. The number of amides is 2. The average Bonchev–Trinajstić information content (AvgIpc) is 3.31. The molecule has 2 heterocycles. The predicted octanol–water partition coefficient (Wildman–Crippen LogP) is 1.15. The van der Waals surface area contributed by atoms with Crippen LogP contribution in [0.3, 0.4) is 0 Å². The summed E-state index contributed by atoms with van der Waals surface area (Å²) in [5.41, 5.74) is -0.209. The van der Waals surface area contributed by atoms with Crippen molar-refractivity contribution in [3.05, 3.63) is 35.9 Å². The number of likely N-dealkylation sites (tertiary alicyclic amines) is 1. The van der Waals surface area contributed by atoms with Gasteiger partial charge in [-0.05, 0) is 44.2 Å². The summed E-state index contributed by atoms with van der Waals surface area (Å²) in [6.07, 6.45) is 1.96. The van der Waals surface area contributed by atoms with E-state index in [-0.39, 0.29) is 37.2 Å². The first kappa shape index (κ1) is 25.6. The van der Waals surface area contributed by atoms with Gasteiger partial charge in [0, 0.05) is 19.5 Å². The quantitative estimate of drug-likeness (QED) is 0.450. The molecular weight excluding hydrogens is 438 g/mol. The number of piperidine rings is 1. The van der Waals surface area contributed by atoms with Crippen LogP contribution in [0.25, 0.3) is 0 Å². The van der Waals surface area contributed by atoms with E-state index >= 15 is 0 Å². The van der Waals surface area contributed by atoms with E-state index in [4.69, 9.17) is 5.11 Å². The first-order valence-electron chi connectivity index (χ1n) is 10.7. The van der Waals surface area contributed by atoms with Gasteiger partial charge in [-0.1, -0.05) is 30.3 Å². The number of carbonyl (C=O) groups excluding carboxylic acids is 2. The zero-order valence-electron chi connectivity index (χ0n) is 17.8. The molecular formula is C22H30ClN3O6. The molecule has 2 fully saturated rings. The second-order valence-electron chi connectivity index (χ2n) is 8.22. The van der Waals surface area contributed by atoms with Crippen LogP contribution in [0.4, 0.5) is 0 Å². The fourth-order valence-electron chi connectivity index (χ4n) is 4.45. The molecule has 2 aliphatic heterocycles. The minimum atomic E-state index is -1.29. The molecule has 3 rings (SSSR count). The zero-order chi connectivity index (χ0) is 22.4. The Morgan fingerprint density at radius 1 is 1.12 bits per heavy atom. The molecule has 0 saturated carbocycles.